The number of ether oxygens (including phenoxy) is 3. The third-order valence-electron chi connectivity index (χ3n) is 6.11. The molecular formula is C32H35NO6. The first-order valence-electron chi connectivity index (χ1n) is 13.2. The Balaban J connectivity index is 1.84. The second-order valence-corrected chi connectivity index (χ2v) is 10.1. The number of carbonyl (C=O) groups is 2. The van der Waals surface area contributed by atoms with E-state index in [9.17, 15) is 14.7 Å². The molecular weight excluding hydrogens is 494 g/mol. The van der Waals surface area contributed by atoms with Crippen molar-refractivity contribution in [3.63, 3.8) is 0 Å². The van der Waals surface area contributed by atoms with E-state index in [1.165, 1.54) is 4.90 Å². The predicted molar refractivity (Wildman–Crippen MR) is 151 cm³/mol. The van der Waals surface area contributed by atoms with Gasteiger partial charge in [-0.1, -0.05) is 32.0 Å². The Morgan fingerprint density at radius 1 is 0.872 bits per heavy atom. The molecule has 3 aromatic rings. The van der Waals surface area contributed by atoms with Gasteiger partial charge in [-0.15, -0.1) is 0 Å². The summed E-state index contributed by atoms with van der Waals surface area (Å²) in [5.41, 5.74) is 1.53. The maximum Gasteiger partial charge on any atom is 0.300 e. The van der Waals surface area contributed by atoms with Crippen LogP contribution in [0.4, 0.5) is 5.69 Å². The topological polar surface area (TPSA) is 85.3 Å². The summed E-state index contributed by atoms with van der Waals surface area (Å²) < 4.78 is 17.3. The van der Waals surface area contributed by atoms with Gasteiger partial charge < -0.3 is 19.3 Å². The van der Waals surface area contributed by atoms with E-state index in [4.69, 9.17) is 14.2 Å². The molecule has 1 fully saturated rings. The lowest BCUT2D eigenvalue weighted by molar-refractivity contribution is -0.132. The molecule has 1 atom stereocenters. The second kappa shape index (κ2) is 12.1. The van der Waals surface area contributed by atoms with Crippen LogP contribution < -0.4 is 19.1 Å². The fourth-order valence-corrected chi connectivity index (χ4v) is 4.46. The zero-order valence-corrected chi connectivity index (χ0v) is 23.0. The number of amides is 1. The quantitative estimate of drug-likeness (QED) is 0.183. The molecule has 1 heterocycles. The van der Waals surface area contributed by atoms with E-state index >= 15 is 0 Å². The summed E-state index contributed by atoms with van der Waals surface area (Å²) in [6, 6.07) is 20.2. The summed E-state index contributed by atoms with van der Waals surface area (Å²) in [5.74, 6) is 0.436. The summed E-state index contributed by atoms with van der Waals surface area (Å²) in [6.45, 7) is 10.9. The number of benzene rings is 3. The molecule has 0 aromatic heterocycles. The number of hydrogen-bond donors (Lipinski definition) is 1. The minimum atomic E-state index is -0.880. The largest absolute Gasteiger partial charge is 0.507 e. The highest BCUT2D eigenvalue weighted by atomic mass is 16.5. The van der Waals surface area contributed by atoms with Crippen LogP contribution in [0, 0.1) is 5.92 Å². The zero-order valence-electron chi connectivity index (χ0n) is 23.0. The van der Waals surface area contributed by atoms with E-state index < -0.39 is 17.7 Å². The zero-order chi connectivity index (χ0) is 28.1. The monoisotopic (exact) mass is 529 g/mol. The number of anilines is 1. The van der Waals surface area contributed by atoms with Gasteiger partial charge in [-0.3, -0.25) is 14.5 Å². The molecule has 0 saturated carbocycles. The molecule has 1 aliphatic heterocycles. The molecule has 0 radical (unpaired) electrons. The van der Waals surface area contributed by atoms with Crippen LogP contribution in [0.1, 0.15) is 51.8 Å². The van der Waals surface area contributed by atoms with Crippen molar-refractivity contribution in [2.45, 2.75) is 46.8 Å². The minimum Gasteiger partial charge on any atom is -0.507 e. The molecule has 204 valence electrons. The number of Topliss-reactive ketones (excluding diaryl/α,β-unsaturated/α-hetero) is 1. The van der Waals surface area contributed by atoms with E-state index in [2.05, 4.69) is 13.8 Å². The summed E-state index contributed by atoms with van der Waals surface area (Å²) >= 11 is 0. The van der Waals surface area contributed by atoms with Crippen molar-refractivity contribution in [2.24, 2.45) is 5.92 Å². The molecule has 7 heteroatoms. The van der Waals surface area contributed by atoms with E-state index in [0.717, 1.165) is 0 Å². The SMILES string of the molecule is CCOc1cccc(N2C(=O)C(=O)/C(=C(/O)c3ccc(OCC(C)C)cc3)C2c2cccc(OC(C)C)c2)c1. The molecule has 1 unspecified atom stereocenters. The molecule has 1 saturated heterocycles. The highest BCUT2D eigenvalue weighted by molar-refractivity contribution is 6.51. The minimum absolute atomic E-state index is 0.000594. The van der Waals surface area contributed by atoms with Crippen LogP contribution in [0.3, 0.4) is 0 Å². The van der Waals surface area contributed by atoms with Crippen LogP contribution >= 0.6 is 0 Å². The number of rotatable bonds is 10. The Bertz CT molecular complexity index is 1360. The predicted octanol–water partition coefficient (Wildman–Crippen LogP) is 6.53. The highest BCUT2D eigenvalue weighted by Crippen LogP contribution is 2.43. The first-order chi connectivity index (χ1) is 18.7. The average molecular weight is 530 g/mol. The Hall–Kier alpha value is -4.26. The third-order valence-corrected chi connectivity index (χ3v) is 6.11. The molecule has 1 aliphatic rings. The number of carbonyl (C=O) groups excluding carboxylic acids is 2. The number of ketones is 1. The summed E-state index contributed by atoms with van der Waals surface area (Å²) in [6.07, 6.45) is -0.0640. The van der Waals surface area contributed by atoms with Crippen molar-refractivity contribution < 1.29 is 28.9 Å². The fraction of sp³-hybridized carbons (Fsp3) is 0.312. The molecule has 39 heavy (non-hydrogen) atoms. The van der Waals surface area contributed by atoms with Gasteiger partial charge in [-0.25, -0.2) is 0 Å². The summed E-state index contributed by atoms with van der Waals surface area (Å²) in [5, 5.41) is 11.5. The number of hydrogen-bond acceptors (Lipinski definition) is 6. The van der Waals surface area contributed by atoms with Crippen molar-refractivity contribution in [1.82, 2.24) is 0 Å². The standard InChI is InChI=1S/C32H35NO6/c1-6-37-26-11-8-10-24(18-26)33-29(23-9-7-12-27(17-23)39-21(4)5)28(31(35)32(33)36)30(34)22-13-15-25(16-14-22)38-19-20(2)3/h7-18,20-21,29,34H,6,19H2,1-5H3/b30-28+. The van der Waals surface area contributed by atoms with Crippen molar-refractivity contribution >= 4 is 23.1 Å². The number of aliphatic hydroxyl groups excluding tert-OH is 1. The van der Waals surface area contributed by atoms with Crippen LogP contribution in [0.5, 0.6) is 17.2 Å². The van der Waals surface area contributed by atoms with E-state index in [0.29, 0.717) is 53.2 Å². The second-order valence-electron chi connectivity index (χ2n) is 10.1. The average Bonchev–Trinajstić information content (AvgIpc) is 3.17. The van der Waals surface area contributed by atoms with Gasteiger partial charge in [0.1, 0.15) is 23.0 Å². The molecule has 1 amide bonds. The Labute approximate surface area is 229 Å². The van der Waals surface area contributed by atoms with Gasteiger partial charge >= 0.3 is 0 Å². The molecule has 1 N–H and O–H groups in total. The van der Waals surface area contributed by atoms with Crippen LogP contribution in [0.25, 0.3) is 5.76 Å². The molecule has 0 bridgehead atoms. The molecule has 0 spiro atoms. The Kier molecular flexibility index (Phi) is 8.59. The van der Waals surface area contributed by atoms with Gasteiger partial charge in [0.05, 0.1) is 30.9 Å². The maximum absolute atomic E-state index is 13.5. The lowest BCUT2D eigenvalue weighted by Gasteiger charge is -2.26. The van der Waals surface area contributed by atoms with E-state index in [-0.39, 0.29) is 17.4 Å². The van der Waals surface area contributed by atoms with Crippen LogP contribution in [0.15, 0.2) is 78.4 Å². The van der Waals surface area contributed by atoms with Gasteiger partial charge in [-0.05, 0) is 80.8 Å². The van der Waals surface area contributed by atoms with Crippen molar-refractivity contribution in [3.8, 4) is 17.2 Å². The van der Waals surface area contributed by atoms with Gasteiger partial charge in [0.25, 0.3) is 11.7 Å². The molecule has 7 nitrogen and oxygen atoms in total. The highest BCUT2D eigenvalue weighted by Gasteiger charge is 2.47. The summed E-state index contributed by atoms with van der Waals surface area (Å²) in [7, 11) is 0. The van der Waals surface area contributed by atoms with E-state index in [1.807, 2.05) is 39.0 Å². The Morgan fingerprint density at radius 2 is 1.56 bits per heavy atom. The molecule has 0 aliphatic carbocycles. The van der Waals surface area contributed by atoms with Crippen LogP contribution in [-0.2, 0) is 9.59 Å². The van der Waals surface area contributed by atoms with Crippen molar-refractivity contribution in [1.29, 1.82) is 0 Å². The first-order valence-corrected chi connectivity index (χ1v) is 13.2. The van der Waals surface area contributed by atoms with Gasteiger partial charge in [-0.2, -0.15) is 0 Å². The molecule has 4 rings (SSSR count). The lowest BCUT2D eigenvalue weighted by Crippen LogP contribution is -2.29. The van der Waals surface area contributed by atoms with Crippen LogP contribution in [0.2, 0.25) is 0 Å². The normalized spacial score (nSPS) is 16.7. The smallest absolute Gasteiger partial charge is 0.300 e. The number of nitrogens with zero attached hydrogens (tertiary/aromatic N) is 1. The van der Waals surface area contributed by atoms with Gasteiger partial charge in [0.2, 0.25) is 0 Å². The Morgan fingerprint density at radius 3 is 2.23 bits per heavy atom. The lowest BCUT2D eigenvalue weighted by atomic mass is 9.95. The van der Waals surface area contributed by atoms with Crippen molar-refractivity contribution in [2.75, 3.05) is 18.1 Å². The fourth-order valence-electron chi connectivity index (χ4n) is 4.46. The van der Waals surface area contributed by atoms with Gasteiger partial charge in [0.15, 0.2) is 0 Å². The maximum atomic E-state index is 13.5. The van der Waals surface area contributed by atoms with Gasteiger partial charge in [0, 0.05) is 17.3 Å². The number of aliphatic hydroxyl groups is 1. The summed E-state index contributed by atoms with van der Waals surface area (Å²) in [4.78, 5) is 28.4. The molecule has 3 aromatic carbocycles. The van der Waals surface area contributed by atoms with Crippen molar-refractivity contribution in [3.05, 3.63) is 89.5 Å². The first kappa shape index (κ1) is 27.8. The van der Waals surface area contributed by atoms with E-state index in [1.54, 1.807) is 54.6 Å². The third kappa shape index (κ3) is 6.25. The van der Waals surface area contributed by atoms with Crippen LogP contribution in [-0.4, -0.2) is 36.1 Å².